The fraction of sp³-hybridized carbons (Fsp3) is 0.273. The number of benzene rings is 2. The number of anilines is 1. The van der Waals surface area contributed by atoms with E-state index in [1.54, 1.807) is 50.2 Å². The smallest absolute Gasteiger partial charge is 0.269 e. The van der Waals surface area contributed by atoms with E-state index in [0.29, 0.717) is 22.7 Å². The summed E-state index contributed by atoms with van der Waals surface area (Å²) in [4.78, 5) is 36.1. The predicted molar refractivity (Wildman–Crippen MR) is 121 cm³/mol. The summed E-state index contributed by atoms with van der Waals surface area (Å²) in [6.45, 7) is 7.74. The highest BCUT2D eigenvalue weighted by Gasteiger charge is 2.11. The van der Waals surface area contributed by atoms with E-state index in [0.717, 1.165) is 5.56 Å². The molecule has 2 aromatic carbocycles. The van der Waals surface area contributed by atoms with E-state index >= 15 is 0 Å². The number of rotatable bonds is 5. The van der Waals surface area contributed by atoms with Crippen molar-refractivity contribution in [3.05, 3.63) is 65.2 Å². The van der Waals surface area contributed by atoms with Gasteiger partial charge in [-0.05, 0) is 60.1 Å². The van der Waals surface area contributed by atoms with Crippen molar-refractivity contribution >= 4 is 40.7 Å². The first-order valence-electron chi connectivity index (χ1n) is 9.60. The number of nitrogens with one attached hydrogen (secondary N) is 4. The molecule has 30 heavy (non-hydrogen) atoms. The number of thiocarbonyl (C=S) groups is 1. The highest BCUT2D eigenvalue weighted by molar-refractivity contribution is 7.80. The van der Waals surface area contributed by atoms with Crippen LogP contribution in [-0.2, 0) is 4.79 Å². The van der Waals surface area contributed by atoms with Crippen molar-refractivity contribution in [1.82, 2.24) is 16.2 Å². The van der Waals surface area contributed by atoms with Gasteiger partial charge in [-0.1, -0.05) is 39.8 Å². The molecular weight excluding hydrogens is 400 g/mol. The molecule has 7 nitrogen and oxygen atoms in total. The van der Waals surface area contributed by atoms with E-state index < -0.39 is 5.91 Å². The second-order valence-corrected chi connectivity index (χ2v) is 7.77. The number of hydrazine groups is 1. The van der Waals surface area contributed by atoms with Crippen molar-refractivity contribution in [2.45, 2.75) is 33.6 Å². The second kappa shape index (κ2) is 10.5. The first-order chi connectivity index (χ1) is 14.2. The molecule has 0 saturated heterocycles. The fourth-order valence-electron chi connectivity index (χ4n) is 2.40. The molecule has 0 spiro atoms. The van der Waals surface area contributed by atoms with Crippen molar-refractivity contribution < 1.29 is 14.4 Å². The Morgan fingerprint density at radius 2 is 1.30 bits per heavy atom. The van der Waals surface area contributed by atoms with Crippen molar-refractivity contribution in [2.24, 2.45) is 5.92 Å². The van der Waals surface area contributed by atoms with Crippen LogP contribution in [0.5, 0.6) is 0 Å². The number of amides is 3. The molecule has 0 heterocycles. The largest absolute Gasteiger partial charge is 0.326 e. The van der Waals surface area contributed by atoms with Gasteiger partial charge in [0.1, 0.15) is 0 Å². The molecule has 0 aliphatic heterocycles. The summed E-state index contributed by atoms with van der Waals surface area (Å²) in [5.41, 5.74) is 7.49. The quantitative estimate of drug-likeness (QED) is 0.434. The van der Waals surface area contributed by atoms with Gasteiger partial charge in [-0.2, -0.15) is 0 Å². The van der Waals surface area contributed by atoms with Crippen LogP contribution in [0.25, 0.3) is 0 Å². The van der Waals surface area contributed by atoms with E-state index in [4.69, 9.17) is 12.2 Å². The predicted octanol–water partition coefficient (Wildman–Crippen LogP) is 3.35. The Hall–Kier alpha value is -3.26. The molecule has 3 amide bonds. The number of carbonyl (C=O) groups excluding carboxylic acids is 3. The third kappa shape index (κ3) is 6.66. The van der Waals surface area contributed by atoms with Crippen LogP contribution in [0.15, 0.2) is 48.5 Å². The number of hydrogen-bond acceptors (Lipinski definition) is 4. The van der Waals surface area contributed by atoms with E-state index in [2.05, 4.69) is 35.3 Å². The van der Waals surface area contributed by atoms with Gasteiger partial charge in [0.25, 0.3) is 11.8 Å². The third-order valence-corrected chi connectivity index (χ3v) is 4.50. The van der Waals surface area contributed by atoms with Crippen LogP contribution in [0.2, 0.25) is 0 Å². The molecule has 2 aromatic rings. The Bertz CT molecular complexity index is 922. The summed E-state index contributed by atoms with van der Waals surface area (Å²) in [6.07, 6.45) is 0. The normalized spacial score (nSPS) is 10.5. The van der Waals surface area contributed by atoms with Crippen LogP contribution >= 0.6 is 12.2 Å². The molecular formula is C22H26N4O3S. The van der Waals surface area contributed by atoms with E-state index in [1.807, 2.05) is 12.1 Å². The third-order valence-electron chi connectivity index (χ3n) is 4.30. The van der Waals surface area contributed by atoms with Gasteiger partial charge in [0.05, 0.1) is 0 Å². The second-order valence-electron chi connectivity index (χ2n) is 7.36. The minimum atomic E-state index is -0.436. The zero-order valence-corrected chi connectivity index (χ0v) is 18.2. The van der Waals surface area contributed by atoms with Gasteiger partial charge in [0.15, 0.2) is 5.11 Å². The lowest BCUT2D eigenvalue weighted by atomic mass is 10.0. The van der Waals surface area contributed by atoms with Gasteiger partial charge >= 0.3 is 0 Å². The van der Waals surface area contributed by atoms with Crippen LogP contribution in [0.3, 0.4) is 0 Å². The van der Waals surface area contributed by atoms with Gasteiger partial charge < -0.3 is 5.32 Å². The summed E-state index contributed by atoms with van der Waals surface area (Å²) >= 11 is 5.05. The maximum Gasteiger partial charge on any atom is 0.269 e. The molecule has 0 atom stereocenters. The van der Waals surface area contributed by atoms with Gasteiger partial charge in [-0.3, -0.25) is 30.6 Å². The maximum absolute atomic E-state index is 12.2. The highest BCUT2D eigenvalue weighted by atomic mass is 32.1. The van der Waals surface area contributed by atoms with Gasteiger partial charge in [0.2, 0.25) is 5.91 Å². The van der Waals surface area contributed by atoms with E-state index in [1.165, 1.54) is 0 Å². The highest BCUT2D eigenvalue weighted by Crippen LogP contribution is 2.14. The summed E-state index contributed by atoms with van der Waals surface area (Å²) in [5.74, 6) is -0.673. The van der Waals surface area contributed by atoms with E-state index in [9.17, 15) is 14.4 Å². The zero-order chi connectivity index (χ0) is 22.3. The van der Waals surface area contributed by atoms with Gasteiger partial charge in [-0.25, -0.2) is 0 Å². The molecule has 0 aliphatic carbocycles. The Morgan fingerprint density at radius 1 is 0.767 bits per heavy atom. The monoisotopic (exact) mass is 426 g/mol. The van der Waals surface area contributed by atoms with Crippen LogP contribution in [0, 0.1) is 5.92 Å². The minimum absolute atomic E-state index is 0.0258. The molecule has 4 N–H and O–H groups in total. The fourth-order valence-corrected chi connectivity index (χ4v) is 2.55. The summed E-state index contributed by atoms with van der Waals surface area (Å²) < 4.78 is 0. The number of hydrogen-bond donors (Lipinski definition) is 4. The molecule has 0 aliphatic rings. The molecule has 8 heteroatoms. The average molecular weight is 427 g/mol. The standard InChI is InChI=1S/C22H26N4O3S/c1-13(2)15-5-7-16(8-6-15)20(28)24-22(30)26-25-21(29)17-9-11-18(12-10-17)23-19(27)14(3)4/h5-14H,1-4H3,(H,23,27)(H,25,29)(H2,24,26,28,30). The topological polar surface area (TPSA) is 99.3 Å². The molecule has 0 radical (unpaired) electrons. The summed E-state index contributed by atoms with van der Waals surface area (Å²) in [7, 11) is 0. The lowest BCUT2D eigenvalue weighted by Gasteiger charge is -2.12. The Kier molecular flexibility index (Phi) is 8.06. The van der Waals surface area contributed by atoms with Crippen molar-refractivity contribution in [3.8, 4) is 0 Å². The Morgan fingerprint density at radius 3 is 1.83 bits per heavy atom. The van der Waals surface area contributed by atoms with Gasteiger partial charge in [0, 0.05) is 22.7 Å². The molecule has 158 valence electrons. The molecule has 0 unspecified atom stereocenters. The molecule has 2 rings (SSSR count). The van der Waals surface area contributed by atoms with E-state index in [-0.39, 0.29) is 22.8 Å². The average Bonchev–Trinajstić information content (AvgIpc) is 2.72. The van der Waals surface area contributed by atoms with Gasteiger partial charge in [-0.15, -0.1) is 0 Å². The van der Waals surface area contributed by atoms with Crippen LogP contribution in [-0.4, -0.2) is 22.8 Å². The summed E-state index contributed by atoms with van der Waals surface area (Å²) in [6, 6.07) is 13.7. The molecule has 0 saturated carbocycles. The van der Waals surface area contributed by atoms with Crippen molar-refractivity contribution in [3.63, 3.8) is 0 Å². The molecule has 0 bridgehead atoms. The zero-order valence-electron chi connectivity index (χ0n) is 17.4. The molecule has 0 fully saturated rings. The first-order valence-corrected chi connectivity index (χ1v) is 10.0. The maximum atomic E-state index is 12.2. The minimum Gasteiger partial charge on any atom is -0.326 e. The van der Waals surface area contributed by atoms with Crippen molar-refractivity contribution in [1.29, 1.82) is 0 Å². The number of carbonyl (C=O) groups is 3. The molecule has 0 aromatic heterocycles. The lowest BCUT2D eigenvalue weighted by Crippen LogP contribution is -2.48. The Labute approximate surface area is 181 Å². The van der Waals surface area contributed by atoms with Crippen LogP contribution in [0.4, 0.5) is 5.69 Å². The lowest BCUT2D eigenvalue weighted by molar-refractivity contribution is -0.118. The summed E-state index contributed by atoms with van der Waals surface area (Å²) in [5, 5.41) is 5.24. The first kappa shape index (κ1) is 23.0. The van der Waals surface area contributed by atoms with Crippen LogP contribution < -0.4 is 21.5 Å². The van der Waals surface area contributed by atoms with Crippen molar-refractivity contribution in [2.75, 3.05) is 5.32 Å². The SMILES string of the molecule is CC(C)C(=O)Nc1ccc(C(=O)NNC(=S)NC(=O)c2ccc(C(C)C)cc2)cc1. The van der Waals surface area contributed by atoms with Crippen LogP contribution in [0.1, 0.15) is 59.9 Å². The Balaban J connectivity index is 1.84.